The number of unbranched alkanes of at least 4 members (excludes halogenated alkanes) is 1. The first-order chi connectivity index (χ1) is 13.5. The highest BCUT2D eigenvalue weighted by atomic mass is 19.4. The monoisotopic (exact) mass is 400 g/mol. The lowest BCUT2D eigenvalue weighted by atomic mass is 10.2. The third kappa shape index (κ3) is 9.41. The summed E-state index contributed by atoms with van der Waals surface area (Å²) >= 11 is 0. The van der Waals surface area contributed by atoms with Crippen LogP contribution in [0.4, 0.5) is 13.2 Å². The van der Waals surface area contributed by atoms with Gasteiger partial charge in [-0.2, -0.15) is 13.2 Å². The largest absolute Gasteiger partial charge is 0.401 e. The van der Waals surface area contributed by atoms with Gasteiger partial charge in [-0.25, -0.2) is 0 Å². The van der Waals surface area contributed by atoms with Gasteiger partial charge < -0.3 is 15.4 Å². The second-order valence-corrected chi connectivity index (χ2v) is 7.03. The lowest BCUT2D eigenvalue weighted by molar-refractivity contribution is -0.143. The molecular weight excluding hydrogens is 369 g/mol. The van der Waals surface area contributed by atoms with Crippen LogP contribution in [0.5, 0.6) is 0 Å². The van der Waals surface area contributed by atoms with Crippen molar-refractivity contribution in [2.24, 2.45) is 4.99 Å². The normalized spacial score (nSPS) is 18.4. The van der Waals surface area contributed by atoms with Gasteiger partial charge in [0, 0.05) is 39.3 Å². The van der Waals surface area contributed by atoms with Crippen LogP contribution in [0, 0.1) is 0 Å². The molecule has 0 bridgehead atoms. The number of nitrogens with one attached hydrogen (secondary N) is 2. The van der Waals surface area contributed by atoms with Crippen LogP contribution in [0.1, 0.15) is 24.8 Å². The first kappa shape index (κ1) is 22.5. The van der Waals surface area contributed by atoms with Crippen LogP contribution in [0.25, 0.3) is 0 Å². The van der Waals surface area contributed by atoms with Gasteiger partial charge in [0.25, 0.3) is 0 Å². The highest BCUT2D eigenvalue weighted by Gasteiger charge is 2.34. The Balaban J connectivity index is 1.50. The Labute approximate surface area is 165 Å². The number of ether oxygens (including phenoxy) is 1. The maximum atomic E-state index is 12.5. The predicted octanol–water partition coefficient (Wildman–Crippen LogP) is 2.83. The molecule has 2 N–H and O–H groups in total. The highest BCUT2D eigenvalue weighted by molar-refractivity contribution is 5.79. The van der Waals surface area contributed by atoms with E-state index in [9.17, 15) is 13.2 Å². The fourth-order valence-corrected chi connectivity index (χ4v) is 3.21. The number of alkyl halides is 3. The van der Waals surface area contributed by atoms with Crippen molar-refractivity contribution in [2.45, 2.75) is 37.9 Å². The Bertz CT molecular complexity index is 581. The Morgan fingerprint density at radius 3 is 2.71 bits per heavy atom. The van der Waals surface area contributed by atoms with Crippen molar-refractivity contribution in [3.8, 4) is 0 Å². The predicted molar refractivity (Wildman–Crippen MR) is 106 cm³/mol. The first-order valence-electron chi connectivity index (χ1n) is 9.84. The van der Waals surface area contributed by atoms with Crippen molar-refractivity contribution >= 4 is 5.96 Å². The molecule has 0 aliphatic carbocycles. The van der Waals surface area contributed by atoms with Crippen LogP contribution in [0.2, 0.25) is 0 Å². The van der Waals surface area contributed by atoms with Crippen LogP contribution in [-0.2, 0) is 11.2 Å². The number of rotatable bonds is 10. The minimum absolute atomic E-state index is 0.00475. The third-order valence-electron chi connectivity index (χ3n) is 4.63. The number of hydrogen-bond acceptors (Lipinski definition) is 3. The summed E-state index contributed by atoms with van der Waals surface area (Å²) in [6.45, 7) is 2.18. The quantitative estimate of drug-likeness (QED) is 0.360. The molecule has 1 saturated heterocycles. The molecule has 1 aromatic carbocycles. The molecule has 1 aromatic rings. The summed E-state index contributed by atoms with van der Waals surface area (Å²) in [5.74, 6) is 0.642. The van der Waals surface area contributed by atoms with E-state index in [-0.39, 0.29) is 6.04 Å². The fourth-order valence-electron chi connectivity index (χ4n) is 3.21. The van der Waals surface area contributed by atoms with Gasteiger partial charge in [0.1, 0.15) is 0 Å². The Morgan fingerprint density at radius 1 is 1.21 bits per heavy atom. The third-order valence-corrected chi connectivity index (χ3v) is 4.63. The van der Waals surface area contributed by atoms with E-state index < -0.39 is 12.7 Å². The zero-order valence-corrected chi connectivity index (χ0v) is 16.5. The smallest absolute Gasteiger partial charge is 0.381 e. The van der Waals surface area contributed by atoms with Crippen LogP contribution in [0.3, 0.4) is 0 Å². The zero-order valence-electron chi connectivity index (χ0n) is 16.5. The lowest BCUT2D eigenvalue weighted by Gasteiger charge is -2.19. The second-order valence-electron chi connectivity index (χ2n) is 7.03. The minimum atomic E-state index is -4.14. The van der Waals surface area contributed by atoms with Gasteiger partial charge >= 0.3 is 6.18 Å². The van der Waals surface area contributed by atoms with Gasteiger partial charge in [-0.15, -0.1) is 0 Å². The number of halogens is 3. The molecule has 0 spiro atoms. The second kappa shape index (κ2) is 11.9. The van der Waals surface area contributed by atoms with E-state index in [4.69, 9.17) is 4.74 Å². The summed E-state index contributed by atoms with van der Waals surface area (Å²) in [5, 5.41) is 6.43. The molecule has 2 rings (SSSR count). The summed E-state index contributed by atoms with van der Waals surface area (Å²) in [5.41, 5.74) is 1.28. The average molecular weight is 400 g/mol. The molecule has 0 aromatic heterocycles. The molecule has 28 heavy (non-hydrogen) atoms. The van der Waals surface area contributed by atoms with E-state index in [1.165, 1.54) is 10.5 Å². The molecule has 8 heteroatoms. The van der Waals surface area contributed by atoms with Crippen molar-refractivity contribution in [2.75, 3.05) is 46.4 Å². The number of hydrogen-bond donors (Lipinski definition) is 2. The maximum Gasteiger partial charge on any atom is 0.401 e. The molecule has 0 saturated carbocycles. The molecule has 1 atom stereocenters. The lowest BCUT2D eigenvalue weighted by Crippen LogP contribution is -2.45. The van der Waals surface area contributed by atoms with E-state index in [1.807, 2.05) is 18.2 Å². The van der Waals surface area contributed by atoms with Gasteiger partial charge in [0.05, 0.1) is 13.2 Å². The zero-order chi connectivity index (χ0) is 20.2. The molecular formula is C20H31F3N4O. The Kier molecular flexibility index (Phi) is 9.57. The standard InChI is InChI=1S/C20H31F3N4O/c1-24-19(26-18-9-12-27(15-18)16-20(21,22)23)25-11-5-6-13-28-14-10-17-7-3-2-4-8-17/h2-4,7-8,18H,5-6,9-16H2,1H3,(H2,24,25,26). The maximum absolute atomic E-state index is 12.5. The van der Waals surface area contributed by atoms with E-state index in [2.05, 4.69) is 27.8 Å². The van der Waals surface area contributed by atoms with Crippen LogP contribution in [0.15, 0.2) is 35.3 Å². The summed E-state index contributed by atoms with van der Waals surface area (Å²) in [6, 6.07) is 10.3. The van der Waals surface area contributed by atoms with E-state index in [0.717, 1.165) is 39.0 Å². The van der Waals surface area contributed by atoms with Crippen LogP contribution < -0.4 is 10.6 Å². The molecule has 1 aliphatic heterocycles. The Morgan fingerprint density at radius 2 is 2.00 bits per heavy atom. The average Bonchev–Trinajstić information content (AvgIpc) is 3.08. The number of guanidine groups is 1. The molecule has 1 fully saturated rings. The summed E-state index contributed by atoms with van der Waals surface area (Å²) < 4.78 is 43.0. The number of benzene rings is 1. The van der Waals surface area contributed by atoms with Crippen molar-refractivity contribution in [3.63, 3.8) is 0 Å². The molecule has 1 heterocycles. The number of nitrogens with zero attached hydrogens (tertiary/aromatic N) is 2. The van der Waals surface area contributed by atoms with Gasteiger partial charge in [-0.1, -0.05) is 30.3 Å². The van der Waals surface area contributed by atoms with Gasteiger partial charge in [-0.05, 0) is 31.2 Å². The topological polar surface area (TPSA) is 48.9 Å². The molecule has 0 radical (unpaired) electrons. The first-order valence-corrected chi connectivity index (χ1v) is 9.84. The SMILES string of the molecule is CN=C(NCCCCOCCc1ccccc1)NC1CCN(CC(F)(F)F)C1. The molecule has 158 valence electrons. The Hall–Kier alpha value is -1.80. The van der Waals surface area contributed by atoms with Crippen molar-refractivity contribution in [1.82, 2.24) is 15.5 Å². The highest BCUT2D eigenvalue weighted by Crippen LogP contribution is 2.19. The number of aliphatic imine (C=N–C) groups is 1. The van der Waals surface area contributed by atoms with Crippen molar-refractivity contribution in [3.05, 3.63) is 35.9 Å². The van der Waals surface area contributed by atoms with Crippen molar-refractivity contribution < 1.29 is 17.9 Å². The minimum Gasteiger partial charge on any atom is -0.381 e. The molecule has 1 aliphatic rings. The molecule has 1 unspecified atom stereocenters. The number of likely N-dealkylation sites (tertiary alicyclic amines) is 1. The van der Waals surface area contributed by atoms with E-state index in [0.29, 0.717) is 25.5 Å². The summed E-state index contributed by atoms with van der Waals surface area (Å²) in [4.78, 5) is 5.58. The van der Waals surface area contributed by atoms with Crippen molar-refractivity contribution in [1.29, 1.82) is 0 Å². The summed E-state index contributed by atoms with van der Waals surface area (Å²) in [7, 11) is 1.67. The van der Waals surface area contributed by atoms with E-state index >= 15 is 0 Å². The van der Waals surface area contributed by atoms with Gasteiger partial charge in [0.2, 0.25) is 0 Å². The molecule has 5 nitrogen and oxygen atoms in total. The molecule has 0 amide bonds. The van der Waals surface area contributed by atoms with E-state index in [1.54, 1.807) is 7.05 Å². The fraction of sp³-hybridized carbons (Fsp3) is 0.650. The van der Waals surface area contributed by atoms with Gasteiger partial charge in [-0.3, -0.25) is 9.89 Å². The summed E-state index contributed by atoms with van der Waals surface area (Å²) in [6.07, 6.45) is -0.648. The van der Waals surface area contributed by atoms with Gasteiger partial charge in [0.15, 0.2) is 5.96 Å². The van der Waals surface area contributed by atoms with Crippen LogP contribution >= 0.6 is 0 Å². The van der Waals surface area contributed by atoms with Crippen LogP contribution in [-0.4, -0.2) is 69.5 Å².